The Morgan fingerprint density at radius 3 is 2.49 bits per heavy atom. The number of urea groups is 1. The molecule has 45 heavy (non-hydrogen) atoms. The second-order valence-electron chi connectivity index (χ2n) is 14.2. The number of aliphatic hydroxyl groups is 1. The Kier molecular flexibility index (Phi) is 6.92. The normalized spacial score (nSPS) is 25.5. The number of halogens is 4. The molecule has 1 spiro atoms. The number of rotatable bonds is 7. The first kappa shape index (κ1) is 30.2. The molecule has 5 heterocycles. The fourth-order valence-corrected chi connectivity index (χ4v) is 7.86. The molecule has 10 nitrogen and oxygen atoms in total. The van der Waals surface area contributed by atoms with Gasteiger partial charge in [0.1, 0.15) is 11.4 Å². The smallest absolute Gasteiger partial charge is 0.380 e. The van der Waals surface area contributed by atoms with Gasteiger partial charge in [-0.1, -0.05) is 13.3 Å². The summed E-state index contributed by atoms with van der Waals surface area (Å²) in [6, 6.07) is 1.26. The van der Waals surface area contributed by atoms with Gasteiger partial charge in [0.2, 0.25) is 0 Å². The number of carbonyl (C=O) groups excluding carboxylic acids is 1. The van der Waals surface area contributed by atoms with Gasteiger partial charge in [-0.2, -0.15) is 23.4 Å². The zero-order valence-corrected chi connectivity index (χ0v) is 25.8. The third-order valence-corrected chi connectivity index (χ3v) is 10.6. The molecular formula is C31H40F4N8O2. The molecule has 2 aliphatic heterocycles. The number of pyridine rings is 1. The molecule has 0 aromatic carbocycles. The number of piperidine rings is 1. The zero-order chi connectivity index (χ0) is 31.9. The largest absolute Gasteiger partial charge is 0.417 e. The second kappa shape index (κ2) is 10.3. The predicted octanol–water partition coefficient (Wildman–Crippen LogP) is 5.90. The summed E-state index contributed by atoms with van der Waals surface area (Å²) < 4.78 is 59.3. The Bertz CT molecular complexity index is 1600. The monoisotopic (exact) mass is 632 g/mol. The molecule has 0 bridgehead atoms. The van der Waals surface area contributed by atoms with Crippen LogP contribution in [0.1, 0.15) is 65.7 Å². The van der Waals surface area contributed by atoms with Gasteiger partial charge in [-0.3, -0.25) is 14.8 Å². The number of H-pyrrole nitrogens is 1. The van der Waals surface area contributed by atoms with Crippen molar-refractivity contribution in [1.29, 1.82) is 0 Å². The zero-order valence-electron chi connectivity index (χ0n) is 25.8. The van der Waals surface area contributed by atoms with Crippen molar-refractivity contribution in [3.63, 3.8) is 0 Å². The number of anilines is 2. The van der Waals surface area contributed by atoms with E-state index in [0.29, 0.717) is 54.2 Å². The molecule has 244 valence electrons. The van der Waals surface area contributed by atoms with Crippen molar-refractivity contribution in [3.8, 4) is 11.4 Å². The van der Waals surface area contributed by atoms with E-state index in [1.165, 1.54) is 24.9 Å². The summed E-state index contributed by atoms with van der Waals surface area (Å²) >= 11 is 0. The minimum Gasteiger partial charge on any atom is -0.380 e. The summed E-state index contributed by atoms with van der Waals surface area (Å²) in [7, 11) is 0. The number of aromatic nitrogens is 5. The third-order valence-electron chi connectivity index (χ3n) is 10.6. The quantitative estimate of drug-likeness (QED) is 0.280. The first-order valence-electron chi connectivity index (χ1n) is 16.0. The maximum Gasteiger partial charge on any atom is 0.417 e. The number of fused-ring (bicyclic) bond motifs is 1. The highest BCUT2D eigenvalue weighted by molar-refractivity contribution is 5.96. The van der Waals surface area contributed by atoms with Crippen molar-refractivity contribution in [3.05, 3.63) is 18.5 Å². The Balaban J connectivity index is 1.17. The van der Waals surface area contributed by atoms with Crippen LogP contribution in [0.4, 0.5) is 33.9 Å². The van der Waals surface area contributed by atoms with Crippen LogP contribution in [-0.4, -0.2) is 83.6 Å². The van der Waals surface area contributed by atoms with E-state index in [-0.39, 0.29) is 19.0 Å². The molecule has 2 saturated carbocycles. The summed E-state index contributed by atoms with van der Waals surface area (Å²) in [5, 5.41) is 26.5. The van der Waals surface area contributed by atoms with Gasteiger partial charge in [-0.15, -0.1) is 0 Å². The number of amides is 2. The van der Waals surface area contributed by atoms with Gasteiger partial charge in [-0.05, 0) is 63.9 Å². The van der Waals surface area contributed by atoms with Crippen molar-refractivity contribution in [2.24, 2.45) is 17.8 Å². The van der Waals surface area contributed by atoms with Crippen LogP contribution in [0, 0.1) is 17.8 Å². The minimum atomic E-state index is -4.77. The molecule has 0 radical (unpaired) electrons. The number of carbonyl (C=O) groups is 1. The van der Waals surface area contributed by atoms with Crippen molar-refractivity contribution < 1.29 is 27.5 Å². The van der Waals surface area contributed by atoms with E-state index in [0.717, 1.165) is 37.1 Å². The van der Waals surface area contributed by atoms with Crippen LogP contribution in [0.5, 0.6) is 0 Å². The Labute approximate surface area is 258 Å². The fraction of sp³-hybridized carbons (Fsp3) is 0.677. The van der Waals surface area contributed by atoms with Crippen LogP contribution in [-0.2, 0) is 6.54 Å². The number of likely N-dealkylation sites (tertiary alicyclic amines) is 1. The number of aromatic amines is 1. The van der Waals surface area contributed by atoms with Gasteiger partial charge in [0.05, 0.1) is 40.6 Å². The maximum atomic E-state index is 14.8. The lowest BCUT2D eigenvalue weighted by molar-refractivity contribution is -0.309. The molecule has 3 N–H and O–H groups in total. The molecule has 2 saturated heterocycles. The molecule has 4 fully saturated rings. The summed E-state index contributed by atoms with van der Waals surface area (Å²) in [5.74, 6) is 0.0191. The van der Waals surface area contributed by atoms with E-state index in [1.807, 2.05) is 0 Å². The van der Waals surface area contributed by atoms with Gasteiger partial charge >= 0.3 is 12.2 Å². The number of nitrogens with one attached hydrogen (secondary N) is 2. The van der Waals surface area contributed by atoms with E-state index < -0.39 is 41.4 Å². The molecular weight excluding hydrogens is 592 g/mol. The Hall–Kier alpha value is -3.42. The second-order valence-corrected chi connectivity index (χ2v) is 14.2. The van der Waals surface area contributed by atoms with Crippen LogP contribution in [0.2, 0.25) is 0 Å². The number of hydrogen-bond acceptors (Lipinski definition) is 6. The molecule has 2 atom stereocenters. The van der Waals surface area contributed by atoms with Crippen LogP contribution < -0.4 is 10.2 Å². The van der Waals surface area contributed by atoms with Crippen molar-refractivity contribution in [1.82, 2.24) is 29.9 Å². The van der Waals surface area contributed by atoms with E-state index >= 15 is 0 Å². The standard InChI is InChI=1S/C31H40F4N8O2/c1-4-18-15-41(16-18)26-20-13-36-21(12-23(20)43(40-26)17-28(2,3)32)24-22(14-37-39-24)38-27(44)42-11-10-30(45,31(33,34)35)25(19-6-5-7-19)29(42)8-9-29/h12-14,18-19,25,45H,4-11,15-17H2,1-3H3,(H,37,39)(H,38,44). The van der Waals surface area contributed by atoms with Gasteiger partial charge in [0.25, 0.3) is 0 Å². The molecule has 4 aliphatic rings. The van der Waals surface area contributed by atoms with Crippen LogP contribution in [0.15, 0.2) is 18.5 Å². The highest BCUT2D eigenvalue weighted by Gasteiger charge is 2.73. The first-order valence-corrected chi connectivity index (χ1v) is 16.0. The van der Waals surface area contributed by atoms with E-state index in [9.17, 15) is 27.5 Å². The average Bonchev–Trinajstić information content (AvgIpc) is 3.40. The first-order chi connectivity index (χ1) is 21.2. The Morgan fingerprint density at radius 1 is 1.16 bits per heavy atom. The van der Waals surface area contributed by atoms with Gasteiger partial charge < -0.3 is 20.2 Å². The van der Waals surface area contributed by atoms with Crippen molar-refractivity contribution in [2.45, 2.75) is 95.2 Å². The number of hydrogen-bond donors (Lipinski definition) is 3. The number of nitrogens with zero attached hydrogens (tertiary/aromatic N) is 6. The lowest BCUT2D eigenvalue weighted by atomic mass is 9.61. The van der Waals surface area contributed by atoms with Crippen LogP contribution in [0.25, 0.3) is 22.3 Å². The molecule has 7 rings (SSSR count). The highest BCUT2D eigenvalue weighted by Crippen LogP contribution is 2.63. The lowest BCUT2D eigenvalue weighted by Gasteiger charge is -2.55. The summed E-state index contributed by atoms with van der Waals surface area (Å²) in [5.41, 5.74) is -3.48. The minimum absolute atomic E-state index is 0.0358. The van der Waals surface area contributed by atoms with Gasteiger partial charge in [-0.25, -0.2) is 9.18 Å². The fourth-order valence-electron chi connectivity index (χ4n) is 7.86. The molecule has 2 aliphatic carbocycles. The van der Waals surface area contributed by atoms with Crippen LogP contribution in [0.3, 0.4) is 0 Å². The topological polar surface area (TPSA) is 115 Å². The van der Waals surface area contributed by atoms with E-state index in [1.54, 1.807) is 16.9 Å². The predicted molar refractivity (Wildman–Crippen MR) is 160 cm³/mol. The molecule has 2 amide bonds. The molecule has 2 unspecified atom stereocenters. The maximum absolute atomic E-state index is 14.8. The van der Waals surface area contributed by atoms with E-state index in [2.05, 4.69) is 32.3 Å². The summed E-state index contributed by atoms with van der Waals surface area (Å²) in [4.78, 5) is 22.1. The molecule has 3 aromatic heterocycles. The average molecular weight is 633 g/mol. The van der Waals surface area contributed by atoms with Crippen molar-refractivity contribution >= 4 is 28.4 Å². The highest BCUT2D eigenvalue weighted by atomic mass is 19.4. The molecule has 14 heteroatoms. The third kappa shape index (κ3) is 4.94. The number of alkyl halides is 4. The summed E-state index contributed by atoms with van der Waals surface area (Å²) in [6.45, 7) is 6.73. The van der Waals surface area contributed by atoms with Gasteiger partial charge in [0, 0.05) is 38.2 Å². The molecule has 3 aromatic rings. The van der Waals surface area contributed by atoms with Gasteiger partial charge in [0.15, 0.2) is 11.4 Å². The van der Waals surface area contributed by atoms with E-state index in [4.69, 9.17) is 5.10 Å². The van der Waals surface area contributed by atoms with Crippen molar-refractivity contribution in [2.75, 3.05) is 29.9 Å². The van der Waals surface area contributed by atoms with Crippen LogP contribution >= 0.6 is 0 Å². The lowest BCUT2D eigenvalue weighted by Crippen LogP contribution is -2.69. The SMILES string of the molecule is CCC1CN(c2nn(CC(C)(C)F)c3cc(-c4[nH]ncc4NC(=O)N4CCC(O)(C(F)(F)F)C(C5CCC5)C45CC5)ncc23)C1. The summed E-state index contributed by atoms with van der Waals surface area (Å²) in [6.07, 6.45) is 1.79. The Morgan fingerprint density at radius 2 is 1.89 bits per heavy atom.